The smallest absolute Gasteiger partial charge is 0.431 e. The molecule has 2 rings (SSSR count). The van der Waals surface area contributed by atoms with Gasteiger partial charge < -0.3 is 5.11 Å². The van der Waals surface area contributed by atoms with E-state index in [1.807, 2.05) is 42.5 Å². The molecule has 2 N–H and O–H groups in total. The molecule has 0 aliphatic carbocycles. The first-order valence-electron chi connectivity index (χ1n) is 6.29. The molecule has 2 aromatic rings. The zero-order valence-corrected chi connectivity index (χ0v) is 11.1. The molecule has 1 unspecified atom stereocenters. The van der Waals surface area contributed by atoms with E-state index >= 15 is 0 Å². The lowest BCUT2D eigenvalue weighted by molar-refractivity contribution is -0.0910. The van der Waals surface area contributed by atoms with E-state index in [-0.39, 0.29) is 0 Å². The van der Waals surface area contributed by atoms with Crippen molar-refractivity contribution in [3.8, 4) is 11.3 Å². The third kappa shape index (κ3) is 3.33. The van der Waals surface area contributed by atoms with Crippen LogP contribution in [0.4, 0.5) is 4.79 Å². The zero-order chi connectivity index (χ0) is 14.5. The molecular weight excluding hydrogens is 256 g/mol. The highest BCUT2D eigenvalue weighted by Crippen LogP contribution is 2.18. The Morgan fingerprint density at radius 3 is 2.50 bits per heavy atom. The summed E-state index contributed by atoms with van der Waals surface area (Å²) < 4.78 is 0. The zero-order valence-electron chi connectivity index (χ0n) is 11.1. The molecule has 104 valence electrons. The van der Waals surface area contributed by atoms with Crippen molar-refractivity contribution in [2.45, 2.75) is 19.4 Å². The minimum absolute atomic E-state index is 0.326. The van der Waals surface area contributed by atoms with Gasteiger partial charge in [-0.15, -0.1) is 0 Å². The van der Waals surface area contributed by atoms with Gasteiger partial charge in [-0.2, -0.15) is 5.06 Å². The fourth-order valence-electron chi connectivity index (χ4n) is 1.96. The lowest BCUT2D eigenvalue weighted by atomic mass is 10.0. The van der Waals surface area contributed by atoms with Crippen molar-refractivity contribution < 1.29 is 15.1 Å². The highest BCUT2D eigenvalue weighted by molar-refractivity contribution is 5.63. The van der Waals surface area contributed by atoms with E-state index in [4.69, 9.17) is 5.11 Å². The van der Waals surface area contributed by atoms with Crippen LogP contribution in [-0.2, 0) is 6.42 Å². The number of amides is 1. The van der Waals surface area contributed by atoms with E-state index in [0.29, 0.717) is 11.5 Å². The number of pyridine rings is 1. The van der Waals surface area contributed by atoms with Crippen molar-refractivity contribution in [2.75, 3.05) is 0 Å². The molecule has 1 heterocycles. The standard InChI is InChI=1S/C15H16N2O3/c1-11(17(20)15(18)19)10-12-5-7-13(8-6-12)14-4-2-3-9-16-14/h2-9,11,20H,10H2,1H3,(H,18,19). The van der Waals surface area contributed by atoms with Crippen LogP contribution in [-0.4, -0.2) is 32.5 Å². The monoisotopic (exact) mass is 272 g/mol. The number of aromatic nitrogens is 1. The molecule has 1 aromatic carbocycles. The first-order valence-corrected chi connectivity index (χ1v) is 6.29. The van der Waals surface area contributed by atoms with Crippen molar-refractivity contribution in [2.24, 2.45) is 0 Å². The molecule has 0 fully saturated rings. The second-order valence-corrected chi connectivity index (χ2v) is 4.59. The van der Waals surface area contributed by atoms with Crippen LogP contribution in [0.2, 0.25) is 0 Å². The summed E-state index contributed by atoms with van der Waals surface area (Å²) in [6, 6.07) is 12.9. The first-order chi connectivity index (χ1) is 9.58. The van der Waals surface area contributed by atoms with Gasteiger partial charge in [0.15, 0.2) is 0 Å². The van der Waals surface area contributed by atoms with Crippen LogP contribution in [0.1, 0.15) is 12.5 Å². The van der Waals surface area contributed by atoms with Gasteiger partial charge in [0.2, 0.25) is 0 Å². The quantitative estimate of drug-likeness (QED) is 0.662. The predicted octanol–water partition coefficient (Wildman–Crippen LogP) is 3.05. The van der Waals surface area contributed by atoms with Crippen LogP contribution in [0.15, 0.2) is 48.7 Å². The number of hydroxylamine groups is 2. The van der Waals surface area contributed by atoms with Crippen molar-refractivity contribution >= 4 is 6.09 Å². The summed E-state index contributed by atoms with van der Waals surface area (Å²) in [5, 5.41) is 18.3. The van der Waals surface area contributed by atoms with E-state index in [1.165, 1.54) is 0 Å². The average Bonchev–Trinajstić information content (AvgIpc) is 2.48. The second kappa shape index (κ2) is 6.16. The Balaban J connectivity index is 2.07. The van der Waals surface area contributed by atoms with Crippen LogP contribution >= 0.6 is 0 Å². The third-order valence-electron chi connectivity index (χ3n) is 3.06. The first kappa shape index (κ1) is 14.0. The number of nitrogens with zero attached hydrogens (tertiary/aromatic N) is 2. The molecule has 0 spiro atoms. The molecule has 0 aliphatic heterocycles. The van der Waals surface area contributed by atoms with Crippen molar-refractivity contribution in [1.82, 2.24) is 10.0 Å². The van der Waals surface area contributed by atoms with Gasteiger partial charge in [-0.1, -0.05) is 30.3 Å². The van der Waals surface area contributed by atoms with Crippen LogP contribution < -0.4 is 0 Å². The van der Waals surface area contributed by atoms with Gasteiger partial charge in [0.1, 0.15) is 0 Å². The summed E-state index contributed by atoms with van der Waals surface area (Å²) in [6.45, 7) is 1.65. The molecule has 5 nitrogen and oxygen atoms in total. The largest absolute Gasteiger partial charge is 0.463 e. The molecule has 0 bridgehead atoms. The normalized spacial score (nSPS) is 11.9. The molecule has 0 radical (unpaired) electrons. The summed E-state index contributed by atoms with van der Waals surface area (Å²) in [7, 11) is 0. The third-order valence-corrected chi connectivity index (χ3v) is 3.06. The Bertz CT molecular complexity index is 569. The number of carboxylic acid groups (broad SMARTS) is 1. The predicted molar refractivity (Wildman–Crippen MR) is 74.5 cm³/mol. The highest BCUT2D eigenvalue weighted by atomic mass is 16.6. The van der Waals surface area contributed by atoms with Gasteiger partial charge in [-0.3, -0.25) is 10.2 Å². The van der Waals surface area contributed by atoms with Gasteiger partial charge in [0.25, 0.3) is 0 Å². The second-order valence-electron chi connectivity index (χ2n) is 4.59. The van der Waals surface area contributed by atoms with E-state index in [0.717, 1.165) is 16.8 Å². The molecule has 20 heavy (non-hydrogen) atoms. The number of hydrogen-bond donors (Lipinski definition) is 2. The van der Waals surface area contributed by atoms with Crippen molar-refractivity contribution in [1.29, 1.82) is 0 Å². The van der Waals surface area contributed by atoms with E-state index in [1.54, 1.807) is 13.1 Å². The molecule has 0 saturated heterocycles. The number of hydrogen-bond acceptors (Lipinski definition) is 3. The average molecular weight is 272 g/mol. The lowest BCUT2D eigenvalue weighted by Crippen LogP contribution is -2.35. The van der Waals surface area contributed by atoms with Gasteiger partial charge in [-0.25, -0.2) is 4.79 Å². The minimum atomic E-state index is -1.34. The summed E-state index contributed by atoms with van der Waals surface area (Å²) in [4.78, 5) is 14.9. The van der Waals surface area contributed by atoms with Gasteiger partial charge in [-0.05, 0) is 31.0 Å². The molecule has 0 saturated carbocycles. The van der Waals surface area contributed by atoms with Crippen LogP contribution in [0, 0.1) is 0 Å². The van der Waals surface area contributed by atoms with E-state index in [9.17, 15) is 10.0 Å². The van der Waals surface area contributed by atoms with Crippen LogP contribution in [0.25, 0.3) is 11.3 Å². The Morgan fingerprint density at radius 1 is 1.25 bits per heavy atom. The molecule has 1 aromatic heterocycles. The summed E-state index contributed by atoms with van der Waals surface area (Å²) in [5.74, 6) is 0. The van der Waals surface area contributed by atoms with E-state index < -0.39 is 12.1 Å². The van der Waals surface area contributed by atoms with Gasteiger partial charge in [0.05, 0.1) is 11.7 Å². The Hall–Kier alpha value is -2.40. The fourth-order valence-corrected chi connectivity index (χ4v) is 1.96. The maximum atomic E-state index is 10.6. The Labute approximate surface area is 117 Å². The number of benzene rings is 1. The summed E-state index contributed by atoms with van der Waals surface area (Å²) in [5.41, 5.74) is 2.85. The minimum Gasteiger partial charge on any atom is -0.463 e. The lowest BCUT2D eigenvalue weighted by Gasteiger charge is -2.19. The maximum Gasteiger partial charge on any atom is 0.431 e. The van der Waals surface area contributed by atoms with Crippen LogP contribution in [0.3, 0.4) is 0 Å². The molecule has 5 heteroatoms. The number of rotatable bonds is 4. The molecular formula is C15H16N2O3. The number of carbonyl (C=O) groups is 1. The van der Waals surface area contributed by atoms with Crippen molar-refractivity contribution in [3.05, 3.63) is 54.2 Å². The van der Waals surface area contributed by atoms with Gasteiger partial charge >= 0.3 is 6.09 Å². The fraction of sp³-hybridized carbons (Fsp3) is 0.200. The van der Waals surface area contributed by atoms with Gasteiger partial charge in [0, 0.05) is 11.8 Å². The van der Waals surface area contributed by atoms with Crippen LogP contribution in [0.5, 0.6) is 0 Å². The van der Waals surface area contributed by atoms with E-state index in [2.05, 4.69) is 4.98 Å². The maximum absolute atomic E-state index is 10.6. The SMILES string of the molecule is CC(Cc1ccc(-c2ccccn2)cc1)N(O)C(=O)O. The molecule has 0 aliphatic rings. The highest BCUT2D eigenvalue weighted by Gasteiger charge is 2.16. The molecule has 1 amide bonds. The Kier molecular flexibility index (Phi) is 4.32. The summed E-state index contributed by atoms with van der Waals surface area (Å²) in [6.07, 6.45) is 0.843. The summed E-state index contributed by atoms with van der Waals surface area (Å²) >= 11 is 0. The topological polar surface area (TPSA) is 73.7 Å². The molecule has 1 atom stereocenters. The Morgan fingerprint density at radius 2 is 1.95 bits per heavy atom. The van der Waals surface area contributed by atoms with Crippen molar-refractivity contribution in [3.63, 3.8) is 0 Å².